The van der Waals surface area contributed by atoms with Gasteiger partial charge in [-0.25, -0.2) is 4.39 Å². The Morgan fingerprint density at radius 2 is 2.25 bits per heavy atom. The van der Waals surface area contributed by atoms with Crippen LogP contribution in [0.2, 0.25) is 0 Å². The SMILES string of the molecule is NC1CCCC(=Cc2cc(F)ccc2Br)C1. The zero-order chi connectivity index (χ0) is 11.5. The molecule has 1 saturated carbocycles. The smallest absolute Gasteiger partial charge is 0.123 e. The van der Waals surface area contributed by atoms with Gasteiger partial charge in [-0.05, 0) is 49.4 Å². The van der Waals surface area contributed by atoms with Crippen LogP contribution in [0.25, 0.3) is 6.08 Å². The van der Waals surface area contributed by atoms with Gasteiger partial charge in [0.25, 0.3) is 0 Å². The van der Waals surface area contributed by atoms with Gasteiger partial charge < -0.3 is 5.73 Å². The van der Waals surface area contributed by atoms with E-state index in [-0.39, 0.29) is 11.9 Å². The van der Waals surface area contributed by atoms with Crippen LogP contribution in [0.5, 0.6) is 0 Å². The van der Waals surface area contributed by atoms with E-state index in [0.717, 1.165) is 35.7 Å². The maximum Gasteiger partial charge on any atom is 0.123 e. The lowest BCUT2D eigenvalue weighted by Gasteiger charge is -2.20. The fourth-order valence-corrected chi connectivity index (χ4v) is 2.47. The van der Waals surface area contributed by atoms with E-state index in [1.165, 1.54) is 11.6 Å². The predicted octanol–water partition coefficient (Wildman–Crippen LogP) is 3.87. The van der Waals surface area contributed by atoms with Crippen LogP contribution in [0.15, 0.2) is 28.2 Å². The number of rotatable bonds is 1. The Morgan fingerprint density at radius 1 is 1.44 bits per heavy atom. The highest BCUT2D eigenvalue weighted by Crippen LogP contribution is 2.27. The molecule has 1 unspecified atom stereocenters. The van der Waals surface area contributed by atoms with E-state index in [1.807, 2.05) is 0 Å². The molecule has 1 aliphatic rings. The molecule has 0 spiro atoms. The number of halogens is 2. The maximum absolute atomic E-state index is 13.1. The second-order valence-electron chi connectivity index (χ2n) is 4.32. The maximum atomic E-state index is 13.1. The van der Waals surface area contributed by atoms with Crippen molar-refractivity contribution < 1.29 is 4.39 Å². The summed E-state index contributed by atoms with van der Waals surface area (Å²) in [5, 5.41) is 0. The molecule has 0 radical (unpaired) electrons. The van der Waals surface area contributed by atoms with E-state index in [0.29, 0.717) is 0 Å². The molecule has 2 N–H and O–H groups in total. The molecule has 0 heterocycles. The molecule has 0 bridgehead atoms. The molecule has 2 rings (SSSR count). The van der Waals surface area contributed by atoms with E-state index in [1.54, 1.807) is 12.1 Å². The van der Waals surface area contributed by atoms with E-state index >= 15 is 0 Å². The summed E-state index contributed by atoms with van der Waals surface area (Å²) in [6, 6.07) is 5.02. The van der Waals surface area contributed by atoms with Crippen molar-refractivity contribution in [3.05, 3.63) is 39.6 Å². The first-order valence-electron chi connectivity index (χ1n) is 5.55. The fourth-order valence-electron chi connectivity index (χ4n) is 2.11. The van der Waals surface area contributed by atoms with Crippen LogP contribution in [-0.4, -0.2) is 6.04 Å². The predicted molar refractivity (Wildman–Crippen MR) is 68.5 cm³/mol. The van der Waals surface area contributed by atoms with Crippen molar-refractivity contribution in [2.45, 2.75) is 31.7 Å². The minimum absolute atomic E-state index is 0.199. The van der Waals surface area contributed by atoms with Crippen molar-refractivity contribution >= 4 is 22.0 Å². The van der Waals surface area contributed by atoms with Gasteiger partial charge in [0.2, 0.25) is 0 Å². The van der Waals surface area contributed by atoms with Crippen molar-refractivity contribution in [2.24, 2.45) is 5.73 Å². The summed E-state index contributed by atoms with van der Waals surface area (Å²) in [7, 11) is 0. The summed E-state index contributed by atoms with van der Waals surface area (Å²) in [5.41, 5.74) is 8.15. The Hall–Kier alpha value is -0.670. The topological polar surface area (TPSA) is 26.0 Å². The van der Waals surface area contributed by atoms with E-state index in [4.69, 9.17) is 5.73 Å². The highest BCUT2D eigenvalue weighted by molar-refractivity contribution is 9.10. The number of hydrogen-bond donors (Lipinski definition) is 1. The van der Waals surface area contributed by atoms with Gasteiger partial charge in [0.05, 0.1) is 0 Å². The largest absolute Gasteiger partial charge is 0.327 e. The lowest BCUT2D eigenvalue weighted by atomic mass is 9.90. The summed E-state index contributed by atoms with van der Waals surface area (Å²) in [5.74, 6) is -0.199. The number of nitrogens with two attached hydrogens (primary N) is 1. The van der Waals surface area contributed by atoms with Crippen LogP contribution < -0.4 is 5.73 Å². The van der Waals surface area contributed by atoms with Gasteiger partial charge in [-0.2, -0.15) is 0 Å². The average Bonchev–Trinajstić information content (AvgIpc) is 2.24. The average molecular weight is 284 g/mol. The molecule has 0 saturated heterocycles. The molecule has 1 fully saturated rings. The van der Waals surface area contributed by atoms with Gasteiger partial charge in [0.15, 0.2) is 0 Å². The van der Waals surface area contributed by atoms with Gasteiger partial charge in [-0.15, -0.1) is 0 Å². The van der Waals surface area contributed by atoms with E-state index < -0.39 is 0 Å². The number of hydrogen-bond acceptors (Lipinski definition) is 1. The quantitative estimate of drug-likeness (QED) is 0.832. The minimum atomic E-state index is -0.199. The molecule has 1 atom stereocenters. The molecule has 1 aromatic carbocycles. The monoisotopic (exact) mass is 283 g/mol. The Balaban J connectivity index is 2.24. The molecule has 1 aliphatic carbocycles. The second-order valence-corrected chi connectivity index (χ2v) is 5.18. The Morgan fingerprint density at radius 3 is 3.00 bits per heavy atom. The molecule has 16 heavy (non-hydrogen) atoms. The van der Waals surface area contributed by atoms with Gasteiger partial charge in [0.1, 0.15) is 5.82 Å². The van der Waals surface area contributed by atoms with Crippen molar-refractivity contribution in [1.29, 1.82) is 0 Å². The molecule has 0 aliphatic heterocycles. The Labute approximate surface area is 104 Å². The summed E-state index contributed by atoms with van der Waals surface area (Å²) in [6.07, 6.45) is 6.31. The molecule has 0 aromatic heterocycles. The normalized spacial score (nSPS) is 23.7. The zero-order valence-corrected chi connectivity index (χ0v) is 10.6. The van der Waals surface area contributed by atoms with Gasteiger partial charge >= 0.3 is 0 Å². The minimum Gasteiger partial charge on any atom is -0.327 e. The third-order valence-electron chi connectivity index (χ3n) is 2.91. The highest BCUT2D eigenvalue weighted by atomic mass is 79.9. The molecule has 3 heteroatoms. The lowest BCUT2D eigenvalue weighted by Crippen LogP contribution is -2.23. The molecule has 0 amide bonds. The van der Waals surface area contributed by atoms with Gasteiger partial charge in [0, 0.05) is 10.5 Å². The first-order valence-corrected chi connectivity index (χ1v) is 6.34. The molecule has 1 aromatic rings. The standard InChI is InChI=1S/C13H15BrFN/c14-13-5-4-11(15)8-10(13)6-9-2-1-3-12(16)7-9/h4-6,8,12H,1-3,7,16H2. The highest BCUT2D eigenvalue weighted by Gasteiger charge is 2.13. The van der Waals surface area contributed by atoms with Crippen molar-refractivity contribution in [3.8, 4) is 0 Å². The fraction of sp³-hybridized carbons (Fsp3) is 0.385. The molecular formula is C13H15BrFN. The lowest BCUT2D eigenvalue weighted by molar-refractivity contribution is 0.520. The van der Waals surface area contributed by atoms with Gasteiger partial charge in [-0.1, -0.05) is 27.6 Å². The van der Waals surface area contributed by atoms with Crippen molar-refractivity contribution in [3.63, 3.8) is 0 Å². The van der Waals surface area contributed by atoms with Crippen LogP contribution in [-0.2, 0) is 0 Å². The molecule has 86 valence electrons. The van der Waals surface area contributed by atoms with E-state index in [2.05, 4.69) is 22.0 Å². The summed E-state index contributed by atoms with van der Waals surface area (Å²) in [6.45, 7) is 0. The van der Waals surface area contributed by atoms with E-state index in [9.17, 15) is 4.39 Å². The van der Waals surface area contributed by atoms with Crippen LogP contribution in [0.1, 0.15) is 31.2 Å². The Kier molecular flexibility index (Phi) is 3.77. The van der Waals surface area contributed by atoms with Crippen molar-refractivity contribution in [1.82, 2.24) is 0 Å². The van der Waals surface area contributed by atoms with Gasteiger partial charge in [-0.3, -0.25) is 0 Å². The van der Waals surface area contributed by atoms with Crippen molar-refractivity contribution in [2.75, 3.05) is 0 Å². The number of benzene rings is 1. The summed E-state index contributed by atoms with van der Waals surface area (Å²) in [4.78, 5) is 0. The van der Waals surface area contributed by atoms with Crippen LogP contribution in [0, 0.1) is 5.82 Å². The Bertz CT molecular complexity index is 414. The van der Waals surface area contributed by atoms with Crippen LogP contribution in [0.3, 0.4) is 0 Å². The summed E-state index contributed by atoms with van der Waals surface area (Å²) < 4.78 is 14.0. The van der Waals surface area contributed by atoms with Crippen LogP contribution >= 0.6 is 15.9 Å². The zero-order valence-electron chi connectivity index (χ0n) is 9.05. The molecular weight excluding hydrogens is 269 g/mol. The first-order chi connectivity index (χ1) is 7.65. The van der Waals surface area contributed by atoms with Crippen LogP contribution in [0.4, 0.5) is 4.39 Å². The third-order valence-corrected chi connectivity index (χ3v) is 3.64. The summed E-state index contributed by atoms with van der Waals surface area (Å²) >= 11 is 3.43. The molecule has 1 nitrogen and oxygen atoms in total. The third kappa shape index (κ3) is 2.92. The second kappa shape index (κ2) is 5.11. The first kappa shape index (κ1) is 11.8.